The van der Waals surface area contributed by atoms with Gasteiger partial charge in [-0.05, 0) is 50.4 Å². The van der Waals surface area contributed by atoms with Gasteiger partial charge in [0.1, 0.15) is 12.1 Å². The molecule has 1 saturated carbocycles. The smallest absolute Gasteiger partial charge is 0.133 e. The van der Waals surface area contributed by atoms with Crippen LogP contribution in [-0.4, -0.2) is 16.0 Å². The zero-order chi connectivity index (χ0) is 12.5. The highest BCUT2D eigenvalue weighted by Gasteiger charge is 2.27. The van der Waals surface area contributed by atoms with Crippen molar-refractivity contribution in [2.45, 2.75) is 58.4 Å². The van der Waals surface area contributed by atoms with Crippen molar-refractivity contribution < 1.29 is 0 Å². The third-order valence-electron chi connectivity index (χ3n) is 4.63. The highest BCUT2D eigenvalue weighted by atomic mass is 15.0. The fourth-order valence-corrected chi connectivity index (χ4v) is 3.54. The lowest BCUT2D eigenvalue weighted by molar-refractivity contribution is 0.276. The van der Waals surface area contributed by atoms with Gasteiger partial charge in [-0.1, -0.05) is 13.8 Å². The van der Waals surface area contributed by atoms with Crippen molar-refractivity contribution in [1.29, 1.82) is 0 Å². The monoisotopic (exact) mass is 245 g/mol. The summed E-state index contributed by atoms with van der Waals surface area (Å²) in [6.45, 7) is 4.74. The van der Waals surface area contributed by atoms with Crippen molar-refractivity contribution in [3.05, 3.63) is 17.6 Å². The highest BCUT2D eigenvalue weighted by molar-refractivity contribution is 5.48. The van der Waals surface area contributed by atoms with Crippen LogP contribution in [0.2, 0.25) is 0 Å². The van der Waals surface area contributed by atoms with Gasteiger partial charge in [0.15, 0.2) is 0 Å². The summed E-state index contributed by atoms with van der Waals surface area (Å²) in [5.74, 6) is 2.75. The van der Waals surface area contributed by atoms with E-state index < -0.39 is 0 Å². The van der Waals surface area contributed by atoms with Crippen molar-refractivity contribution in [1.82, 2.24) is 9.97 Å². The number of hydrogen-bond donors (Lipinski definition) is 1. The Balaban J connectivity index is 1.75. The van der Waals surface area contributed by atoms with Crippen LogP contribution in [-0.2, 0) is 12.8 Å². The summed E-state index contributed by atoms with van der Waals surface area (Å²) in [6.07, 6.45) is 9.20. The van der Waals surface area contributed by atoms with Gasteiger partial charge in [-0.2, -0.15) is 0 Å². The predicted octanol–water partition coefficient (Wildman–Crippen LogP) is 3.20. The van der Waals surface area contributed by atoms with E-state index in [0.717, 1.165) is 30.5 Å². The maximum absolute atomic E-state index is 4.48. The van der Waals surface area contributed by atoms with Crippen molar-refractivity contribution in [3.8, 4) is 0 Å². The van der Waals surface area contributed by atoms with Crippen LogP contribution in [0.1, 0.15) is 50.8 Å². The molecule has 1 fully saturated rings. The molecule has 3 rings (SSSR count). The minimum atomic E-state index is 0.598. The van der Waals surface area contributed by atoms with Crippen LogP contribution in [0, 0.1) is 11.8 Å². The lowest BCUT2D eigenvalue weighted by Crippen LogP contribution is -2.33. The zero-order valence-electron chi connectivity index (χ0n) is 11.4. The first-order valence-electron chi connectivity index (χ1n) is 7.33. The molecule has 1 heterocycles. The van der Waals surface area contributed by atoms with E-state index in [1.165, 1.54) is 36.9 Å². The predicted molar refractivity (Wildman–Crippen MR) is 73.6 cm³/mol. The van der Waals surface area contributed by atoms with E-state index in [1.54, 1.807) is 6.33 Å². The van der Waals surface area contributed by atoms with E-state index in [1.807, 2.05) is 0 Å². The Kier molecular flexibility index (Phi) is 3.23. The first-order chi connectivity index (χ1) is 8.74. The second-order valence-corrected chi connectivity index (χ2v) is 6.15. The molecule has 0 radical (unpaired) electrons. The van der Waals surface area contributed by atoms with Crippen molar-refractivity contribution in [2.24, 2.45) is 11.8 Å². The lowest BCUT2D eigenvalue weighted by Gasteiger charge is -2.33. The van der Waals surface area contributed by atoms with E-state index in [0.29, 0.717) is 6.04 Å². The van der Waals surface area contributed by atoms with Gasteiger partial charge in [0.05, 0.1) is 0 Å². The van der Waals surface area contributed by atoms with Crippen LogP contribution in [0.3, 0.4) is 0 Å². The number of fused-ring (bicyclic) bond motifs is 1. The van der Waals surface area contributed by atoms with E-state index in [9.17, 15) is 0 Å². The Bertz CT molecular complexity index is 430. The van der Waals surface area contributed by atoms with Crippen LogP contribution >= 0.6 is 0 Å². The molecule has 3 atom stereocenters. The molecule has 0 aliphatic heterocycles. The van der Waals surface area contributed by atoms with Gasteiger partial charge < -0.3 is 5.32 Å². The minimum absolute atomic E-state index is 0.598. The van der Waals surface area contributed by atoms with Gasteiger partial charge >= 0.3 is 0 Å². The molecule has 2 aliphatic carbocycles. The van der Waals surface area contributed by atoms with Gasteiger partial charge in [0, 0.05) is 17.3 Å². The number of aromatic nitrogens is 2. The lowest BCUT2D eigenvalue weighted by atomic mass is 9.80. The quantitative estimate of drug-likeness (QED) is 0.869. The number of anilines is 1. The number of rotatable bonds is 2. The summed E-state index contributed by atoms with van der Waals surface area (Å²) >= 11 is 0. The normalized spacial score (nSPS) is 31.1. The van der Waals surface area contributed by atoms with Gasteiger partial charge in [0.2, 0.25) is 0 Å². The standard InChI is InChI=1S/C15H23N3/c1-10-6-7-13(11(2)8-10)18-15-12-4-3-5-14(12)16-9-17-15/h9-11,13H,3-8H2,1-2H3,(H,16,17,18). The topological polar surface area (TPSA) is 37.8 Å². The summed E-state index contributed by atoms with van der Waals surface area (Å²) in [5.41, 5.74) is 2.65. The summed E-state index contributed by atoms with van der Waals surface area (Å²) in [7, 11) is 0. The fraction of sp³-hybridized carbons (Fsp3) is 0.733. The van der Waals surface area contributed by atoms with E-state index >= 15 is 0 Å². The minimum Gasteiger partial charge on any atom is -0.367 e. The van der Waals surface area contributed by atoms with Crippen LogP contribution in [0.4, 0.5) is 5.82 Å². The molecule has 1 aromatic rings. The average molecular weight is 245 g/mol. The number of nitrogens with one attached hydrogen (secondary N) is 1. The maximum atomic E-state index is 4.48. The first-order valence-corrected chi connectivity index (χ1v) is 7.33. The van der Waals surface area contributed by atoms with Crippen LogP contribution < -0.4 is 5.32 Å². The summed E-state index contributed by atoms with van der Waals surface area (Å²) in [4.78, 5) is 8.87. The molecular weight excluding hydrogens is 222 g/mol. The van der Waals surface area contributed by atoms with E-state index in [4.69, 9.17) is 0 Å². The molecule has 18 heavy (non-hydrogen) atoms. The number of hydrogen-bond acceptors (Lipinski definition) is 3. The Morgan fingerprint density at radius 1 is 1.17 bits per heavy atom. The largest absolute Gasteiger partial charge is 0.367 e. The second-order valence-electron chi connectivity index (χ2n) is 6.15. The van der Waals surface area contributed by atoms with Gasteiger partial charge in [-0.15, -0.1) is 0 Å². The summed E-state index contributed by atoms with van der Waals surface area (Å²) in [5, 5.41) is 3.70. The molecule has 98 valence electrons. The van der Waals surface area contributed by atoms with Gasteiger partial charge in [-0.3, -0.25) is 0 Å². The van der Waals surface area contributed by atoms with E-state index in [2.05, 4.69) is 29.1 Å². The highest BCUT2D eigenvalue weighted by Crippen LogP contribution is 2.32. The molecule has 2 aliphatic rings. The molecule has 1 aromatic heterocycles. The fourth-order valence-electron chi connectivity index (χ4n) is 3.54. The molecule has 3 heteroatoms. The van der Waals surface area contributed by atoms with Gasteiger partial charge in [0.25, 0.3) is 0 Å². The van der Waals surface area contributed by atoms with Crippen LogP contribution in [0.5, 0.6) is 0 Å². The van der Waals surface area contributed by atoms with Crippen molar-refractivity contribution >= 4 is 5.82 Å². The first kappa shape index (κ1) is 11.9. The maximum Gasteiger partial charge on any atom is 0.133 e. The Labute approximate surface area is 109 Å². The summed E-state index contributed by atoms with van der Waals surface area (Å²) in [6, 6.07) is 0.598. The van der Waals surface area contributed by atoms with E-state index in [-0.39, 0.29) is 0 Å². The molecule has 1 N–H and O–H groups in total. The van der Waals surface area contributed by atoms with Crippen LogP contribution in [0.15, 0.2) is 6.33 Å². The van der Waals surface area contributed by atoms with Gasteiger partial charge in [-0.25, -0.2) is 9.97 Å². The molecule has 0 saturated heterocycles. The Morgan fingerprint density at radius 3 is 2.89 bits per heavy atom. The molecular formula is C15H23N3. The molecule has 0 aromatic carbocycles. The second kappa shape index (κ2) is 4.87. The Morgan fingerprint density at radius 2 is 2.06 bits per heavy atom. The third-order valence-corrected chi connectivity index (χ3v) is 4.63. The average Bonchev–Trinajstić information content (AvgIpc) is 2.82. The summed E-state index contributed by atoms with van der Waals surface area (Å²) < 4.78 is 0. The van der Waals surface area contributed by atoms with Crippen LogP contribution in [0.25, 0.3) is 0 Å². The SMILES string of the molecule is CC1CCC(Nc2ncnc3c2CCC3)C(C)C1. The molecule has 0 amide bonds. The molecule has 3 unspecified atom stereocenters. The third kappa shape index (κ3) is 2.23. The van der Waals surface area contributed by atoms with Crippen molar-refractivity contribution in [2.75, 3.05) is 5.32 Å². The molecule has 0 spiro atoms. The molecule has 0 bridgehead atoms. The number of aryl methyl sites for hydroxylation is 1. The van der Waals surface area contributed by atoms with Crippen molar-refractivity contribution in [3.63, 3.8) is 0 Å². The number of nitrogens with zero attached hydrogens (tertiary/aromatic N) is 2. The zero-order valence-corrected chi connectivity index (χ0v) is 11.4. The molecule has 3 nitrogen and oxygen atoms in total. The Hall–Kier alpha value is -1.12.